The quantitative estimate of drug-likeness (QED) is 0.676. The Labute approximate surface area is 133 Å². The summed E-state index contributed by atoms with van der Waals surface area (Å²) in [4.78, 5) is 0. The van der Waals surface area contributed by atoms with Crippen molar-refractivity contribution in [3.05, 3.63) is 0 Å². The van der Waals surface area contributed by atoms with E-state index in [1.54, 1.807) is 0 Å². The molecule has 21 heavy (non-hydrogen) atoms. The number of rotatable bonds is 5. The van der Waals surface area contributed by atoms with Gasteiger partial charge >= 0.3 is 0 Å². The Hall–Kier alpha value is -0.0400. The van der Waals surface area contributed by atoms with Crippen molar-refractivity contribution in [1.29, 1.82) is 0 Å². The van der Waals surface area contributed by atoms with Gasteiger partial charge < -0.3 is 5.32 Å². The van der Waals surface area contributed by atoms with E-state index in [1.165, 1.54) is 64.3 Å². The highest BCUT2D eigenvalue weighted by molar-refractivity contribution is 4.92. The van der Waals surface area contributed by atoms with Gasteiger partial charge in [-0.05, 0) is 54.8 Å². The lowest BCUT2D eigenvalue weighted by Gasteiger charge is -2.46. The molecule has 0 bridgehead atoms. The summed E-state index contributed by atoms with van der Waals surface area (Å²) in [6.07, 6.45) is 13.3. The van der Waals surface area contributed by atoms with E-state index >= 15 is 0 Å². The van der Waals surface area contributed by atoms with Gasteiger partial charge in [0.2, 0.25) is 0 Å². The van der Waals surface area contributed by atoms with E-state index in [0.717, 1.165) is 11.8 Å². The van der Waals surface area contributed by atoms with Crippen LogP contribution in [0.4, 0.5) is 0 Å². The molecule has 0 unspecified atom stereocenters. The third-order valence-electron chi connectivity index (χ3n) is 6.35. The minimum absolute atomic E-state index is 0.505. The van der Waals surface area contributed by atoms with Crippen LogP contribution < -0.4 is 5.32 Å². The minimum Gasteiger partial charge on any atom is -0.314 e. The first-order chi connectivity index (χ1) is 9.81. The van der Waals surface area contributed by atoms with Gasteiger partial charge in [-0.3, -0.25) is 0 Å². The Bertz CT molecular complexity index is 298. The first-order valence-electron chi connectivity index (χ1n) is 9.54. The summed E-state index contributed by atoms with van der Waals surface area (Å²) in [5.41, 5.74) is 1.12. The van der Waals surface area contributed by atoms with Crippen molar-refractivity contribution in [2.45, 2.75) is 98.4 Å². The maximum atomic E-state index is 3.78. The van der Waals surface area contributed by atoms with E-state index in [9.17, 15) is 0 Å². The van der Waals surface area contributed by atoms with Crippen molar-refractivity contribution in [3.8, 4) is 0 Å². The van der Waals surface area contributed by atoms with Crippen LogP contribution >= 0.6 is 0 Å². The minimum atomic E-state index is 0.505. The molecule has 0 aromatic heterocycles. The Balaban J connectivity index is 1.96. The molecule has 2 rings (SSSR count). The number of hydrogen-bond acceptors (Lipinski definition) is 1. The molecule has 1 heteroatoms. The molecule has 0 heterocycles. The van der Waals surface area contributed by atoms with Gasteiger partial charge in [-0.2, -0.15) is 0 Å². The predicted molar refractivity (Wildman–Crippen MR) is 93.6 cm³/mol. The van der Waals surface area contributed by atoms with Crippen molar-refractivity contribution >= 4 is 0 Å². The van der Waals surface area contributed by atoms with Gasteiger partial charge in [0.1, 0.15) is 0 Å². The van der Waals surface area contributed by atoms with Crippen LogP contribution in [0.25, 0.3) is 0 Å². The fourth-order valence-electron chi connectivity index (χ4n) is 4.80. The highest BCUT2D eigenvalue weighted by Crippen LogP contribution is 2.49. The number of nitrogens with one attached hydrogen (secondary N) is 1. The van der Waals surface area contributed by atoms with Crippen molar-refractivity contribution in [1.82, 2.24) is 5.32 Å². The topological polar surface area (TPSA) is 12.0 Å². The zero-order valence-corrected chi connectivity index (χ0v) is 15.3. The molecule has 0 atom stereocenters. The monoisotopic (exact) mass is 293 g/mol. The zero-order chi connectivity index (χ0) is 15.5. The summed E-state index contributed by atoms with van der Waals surface area (Å²) in [5.74, 6) is 1.97. The average molecular weight is 294 g/mol. The maximum Gasteiger partial charge on any atom is 0.00106 e. The maximum absolute atomic E-state index is 3.78. The Kier molecular flexibility index (Phi) is 5.79. The van der Waals surface area contributed by atoms with Crippen molar-refractivity contribution in [2.24, 2.45) is 22.7 Å². The van der Waals surface area contributed by atoms with Gasteiger partial charge in [0.25, 0.3) is 0 Å². The van der Waals surface area contributed by atoms with Crippen LogP contribution in [-0.2, 0) is 0 Å². The second-order valence-electron chi connectivity index (χ2n) is 9.53. The second kappa shape index (κ2) is 7.02. The fourth-order valence-corrected chi connectivity index (χ4v) is 4.80. The molecule has 2 fully saturated rings. The predicted octanol–water partition coefficient (Wildman–Crippen LogP) is 5.79. The summed E-state index contributed by atoms with van der Waals surface area (Å²) >= 11 is 0. The fraction of sp³-hybridized carbons (Fsp3) is 1.00. The van der Waals surface area contributed by atoms with Crippen LogP contribution in [0.5, 0.6) is 0 Å². The van der Waals surface area contributed by atoms with Crippen molar-refractivity contribution < 1.29 is 0 Å². The van der Waals surface area contributed by atoms with Crippen LogP contribution in [0.1, 0.15) is 92.4 Å². The van der Waals surface area contributed by atoms with Gasteiger partial charge in [-0.1, -0.05) is 60.3 Å². The van der Waals surface area contributed by atoms with Gasteiger partial charge in [0.15, 0.2) is 0 Å². The molecular formula is C20H39N. The largest absolute Gasteiger partial charge is 0.314 e. The van der Waals surface area contributed by atoms with Crippen LogP contribution in [0, 0.1) is 22.7 Å². The van der Waals surface area contributed by atoms with Gasteiger partial charge in [0, 0.05) is 12.6 Å². The Morgan fingerprint density at radius 3 is 2.05 bits per heavy atom. The molecule has 0 aliphatic heterocycles. The summed E-state index contributed by atoms with van der Waals surface area (Å²) in [6, 6.07) is 0.630. The smallest absolute Gasteiger partial charge is 0.00106 e. The molecule has 0 saturated heterocycles. The van der Waals surface area contributed by atoms with E-state index < -0.39 is 0 Å². The molecule has 0 spiro atoms. The lowest BCUT2D eigenvalue weighted by atomic mass is 9.61. The van der Waals surface area contributed by atoms with Crippen LogP contribution in [0.15, 0.2) is 0 Å². The lowest BCUT2D eigenvalue weighted by molar-refractivity contribution is 0.0653. The van der Waals surface area contributed by atoms with E-state index in [1.807, 2.05) is 0 Å². The molecule has 1 N–H and O–H groups in total. The molecule has 0 aromatic carbocycles. The van der Waals surface area contributed by atoms with Gasteiger partial charge in [0.05, 0.1) is 0 Å². The summed E-state index contributed by atoms with van der Waals surface area (Å²) in [6.45, 7) is 13.2. The highest BCUT2D eigenvalue weighted by Gasteiger charge is 2.40. The summed E-state index contributed by atoms with van der Waals surface area (Å²) in [7, 11) is 0. The van der Waals surface area contributed by atoms with E-state index in [0.29, 0.717) is 16.9 Å². The second-order valence-corrected chi connectivity index (χ2v) is 9.53. The Morgan fingerprint density at radius 2 is 1.57 bits per heavy atom. The molecule has 0 radical (unpaired) electrons. The van der Waals surface area contributed by atoms with Crippen molar-refractivity contribution in [2.75, 3.05) is 6.54 Å². The lowest BCUT2D eigenvalue weighted by Crippen LogP contribution is -2.42. The average Bonchev–Trinajstić information content (AvgIpc) is 2.89. The molecule has 124 valence electrons. The summed E-state index contributed by atoms with van der Waals surface area (Å²) in [5, 5.41) is 3.78. The third kappa shape index (κ3) is 4.98. The molecule has 0 amide bonds. The molecule has 2 saturated carbocycles. The highest BCUT2D eigenvalue weighted by atomic mass is 14.9. The molecular weight excluding hydrogens is 254 g/mol. The van der Waals surface area contributed by atoms with Gasteiger partial charge in [-0.25, -0.2) is 0 Å². The van der Waals surface area contributed by atoms with E-state index in [2.05, 4.69) is 39.9 Å². The first kappa shape index (κ1) is 17.3. The van der Waals surface area contributed by atoms with Crippen molar-refractivity contribution in [3.63, 3.8) is 0 Å². The van der Waals surface area contributed by atoms with Gasteiger partial charge in [-0.15, -0.1) is 0 Å². The summed E-state index contributed by atoms with van der Waals surface area (Å²) < 4.78 is 0. The molecule has 2 aliphatic rings. The van der Waals surface area contributed by atoms with Crippen LogP contribution in [0.3, 0.4) is 0 Å². The van der Waals surface area contributed by atoms with Crippen LogP contribution in [-0.4, -0.2) is 12.6 Å². The molecule has 2 aliphatic carbocycles. The van der Waals surface area contributed by atoms with Crippen LogP contribution in [0.2, 0.25) is 0 Å². The number of hydrogen-bond donors (Lipinski definition) is 1. The normalized spacial score (nSPS) is 32.0. The zero-order valence-electron chi connectivity index (χ0n) is 15.3. The third-order valence-corrected chi connectivity index (χ3v) is 6.35. The SMILES string of the molecule is CC(C)NCC1(CC2CCCC2)CCC(C(C)(C)C)CC1. The standard InChI is InChI=1S/C20H39N/c1-16(2)21-15-20(14-17-8-6-7-9-17)12-10-18(11-13-20)19(3,4)5/h16-18,21H,6-15H2,1-5H3. The Morgan fingerprint density at radius 1 is 1.00 bits per heavy atom. The van der Waals surface area contributed by atoms with E-state index in [-0.39, 0.29) is 0 Å². The van der Waals surface area contributed by atoms with E-state index in [4.69, 9.17) is 0 Å². The molecule has 0 aromatic rings. The molecule has 1 nitrogen and oxygen atoms in total. The first-order valence-corrected chi connectivity index (χ1v) is 9.54.